The van der Waals surface area contributed by atoms with Crippen LogP contribution in [-0.4, -0.2) is 14.1 Å². The Balaban J connectivity index is 2.51. The number of nitrogens with one attached hydrogen (secondary N) is 2. The van der Waals surface area contributed by atoms with Crippen LogP contribution in [0, 0.1) is 0 Å². The third-order valence-corrected chi connectivity index (χ3v) is 2.76. The van der Waals surface area contributed by atoms with Crippen molar-refractivity contribution in [1.29, 1.82) is 0 Å². The normalized spacial score (nSPS) is 11.5. The number of hydrogen-bond acceptors (Lipinski definition) is 3. The molecule has 17 heavy (non-hydrogen) atoms. The molecule has 88 valence electrons. The van der Waals surface area contributed by atoms with Crippen LogP contribution in [0.5, 0.6) is 0 Å². The molecule has 3 heteroatoms. The topological polar surface area (TPSA) is 50.1 Å². The van der Waals surface area contributed by atoms with E-state index >= 15 is 0 Å². The van der Waals surface area contributed by atoms with Crippen molar-refractivity contribution in [2.75, 3.05) is 19.4 Å². The van der Waals surface area contributed by atoms with Crippen molar-refractivity contribution in [3.05, 3.63) is 48.2 Å². The Bertz CT molecular complexity index is 558. The largest absolute Gasteiger partial charge is 0.397 e. The first-order valence-electron chi connectivity index (χ1n) is 5.59. The Morgan fingerprint density at radius 1 is 1.06 bits per heavy atom. The fourth-order valence-corrected chi connectivity index (χ4v) is 1.82. The number of hydrogen-bond donors (Lipinski definition) is 3. The van der Waals surface area contributed by atoms with E-state index in [9.17, 15) is 0 Å². The molecular weight excluding hydrogens is 210 g/mol. The minimum absolute atomic E-state index is 0.740. The van der Waals surface area contributed by atoms with Gasteiger partial charge in [0.1, 0.15) is 0 Å². The third kappa shape index (κ3) is 2.33. The van der Waals surface area contributed by atoms with Crippen molar-refractivity contribution in [3.8, 4) is 0 Å². The van der Waals surface area contributed by atoms with Gasteiger partial charge in [0.25, 0.3) is 0 Å². The van der Waals surface area contributed by atoms with Gasteiger partial charge in [-0.1, -0.05) is 18.2 Å². The molecule has 4 N–H and O–H groups in total. The number of anilines is 1. The average Bonchev–Trinajstić information content (AvgIpc) is 2.37. The van der Waals surface area contributed by atoms with E-state index in [4.69, 9.17) is 5.73 Å². The van der Waals surface area contributed by atoms with Crippen molar-refractivity contribution < 1.29 is 0 Å². The molecule has 2 aromatic rings. The minimum Gasteiger partial charge on any atom is -0.397 e. The summed E-state index contributed by atoms with van der Waals surface area (Å²) in [6.45, 7) is 0. The van der Waals surface area contributed by atoms with Crippen molar-refractivity contribution >= 4 is 22.2 Å². The molecule has 0 aliphatic heterocycles. The van der Waals surface area contributed by atoms with E-state index in [0.29, 0.717) is 0 Å². The van der Waals surface area contributed by atoms with E-state index in [2.05, 4.69) is 41.0 Å². The first-order chi connectivity index (χ1) is 8.24. The van der Waals surface area contributed by atoms with Gasteiger partial charge in [-0.05, 0) is 34.5 Å². The van der Waals surface area contributed by atoms with Gasteiger partial charge in [0, 0.05) is 26.0 Å². The van der Waals surface area contributed by atoms with Gasteiger partial charge < -0.3 is 16.4 Å². The molecule has 0 radical (unpaired) electrons. The Morgan fingerprint density at radius 2 is 1.82 bits per heavy atom. The van der Waals surface area contributed by atoms with E-state index in [1.165, 1.54) is 10.8 Å². The monoisotopic (exact) mass is 227 g/mol. The average molecular weight is 227 g/mol. The van der Waals surface area contributed by atoms with Crippen LogP contribution in [0.15, 0.2) is 42.6 Å². The molecule has 0 heterocycles. The molecule has 0 saturated heterocycles. The lowest BCUT2D eigenvalue weighted by atomic mass is 10.0. The molecule has 0 saturated carbocycles. The van der Waals surface area contributed by atoms with Gasteiger partial charge in [0.2, 0.25) is 0 Å². The predicted molar refractivity (Wildman–Crippen MR) is 74.7 cm³/mol. The van der Waals surface area contributed by atoms with Gasteiger partial charge in [-0.3, -0.25) is 0 Å². The molecule has 0 fully saturated rings. The zero-order valence-corrected chi connectivity index (χ0v) is 10.1. The van der Waals surface area contributed by atoms with E-state index in [0.717, 1.165) is 16.9 Å². The highest BCUT2D eigenvalue weighted by molar-refractivity contribution is 5.88. The third-order valence-electron chi connectivity index (χ3n) is 2.76. The maximum atomic E-state index is 5.95. The Kier molecular flexibility index (Phi) is 3.19. The molecule has 0 aromatic heterocycles. The highest BCUT2D eigenvalue weighted by Gasteiger charge is 2.00. The highest BCUT2D eigenvalue weighted by atomic mass is 14.8. The standard InChI is InChI=1S/C14H17N3/c1-16-9-14(15)11-4-3-10-5-6-13(17-2)8-12(10)7-11/h3-9,16-17H,15H2,1-2H3/b14-9-. The summed E-state index contributed by atoms with van der Waals surface area (Å²) in [4.78, 5) is 0. The zero-order valence-electron chi connectivity index (χ0n) is 10.1. The van der Waals surface area contributed by atoms with Crippen LogP contribution in [0.3, 0.4) is 0 Å². The summed E-state index contributed by atoms with van der Waals surface area (Å²) >= 11 is 0. The van der Waals surface area contributed by atoms with Gasteiger partial charge in [-0.2, -0.15) is 0 Å². The lowest BCUT2D eigenvalue weighted by Gasteiger charge is -2.06. The smallest absolute Gasteiger partial charge is 0.0547 e. The fraction of sp³-hybridized carbons (Fsp3) is 0.143. The lowest BCUT2D eigenvalue weighted by molar-refractivity contribution is 1.10. The first-order valence-corrected chi connectivity index (χ1v) is 5.59. The van der Waals surface area contributed by atoms with E-state index in [-0.39, 0.29) is 0 Å². The second-order valence-electron chi connectivity index (χ2n) is 3.92. The molecule has 2 rings (SSSR count). The van der Waals surface area contributed by atoms with E-state index < -0.39 is 0 Å². The number of fused-ring (bicyclic) bond motifs is 1. The summed E-state index contributed by atoms with van der Waals surface area (Å²) in [5, 5.41) is 8.47. The minimum atomic E-state index is 0.740. The zero-order chi connectivity index (χ0) is 12.3. The number of rotatable bonds is 3. The van der Waals surface area contributed by atoms with Crippen LogP contribution < -0.4 is 16.4 Å². The highest BCUT2D eigenvalue weighted by Crippen LogP contribution is 2.22. The van der Waals surface area contributed by atoms with Crippen LogP contribution in [0.4, 0.5) is 5.69 Å². The summed E-state index contributed by atoms with van der Waals surface area (Å²) in [6.07, 6.45) is 1.79. The maximum Gasteiger partial charge on any atom is 0.0547 e. The second-order valence-corrected chi connectivity index (χ2v) is 3.92. The fourth-order valence-electron chi connectivity index (χ4n) is 1.82. The molecule has 3 nitrogen and oxygen atoms in total. The van der Waals surface area contributed by atoms with Gasteiger partial charge in [-0.15, -0.1) is 0 Å². The Hall–Kier alpha value is -2.16. The van der Waals surface area contributed by atoms with Crippen molar-refractivity contribution in [2.45, 2.75) is 0 Å². The summed E-state index contributed by atoms with van der Waals surface area (Å²) in [6, 6.07) is 12.5. The predicted octanol–water partition coefficient (Wildman–Crippen LogP) is 2.36. The van der Waals surface area contributed by atoms with Crippen LogP contribution >= 0.6 is 0 Å². The molecule has 0 spiro atoms. The van der Waals surface area contributed by atoms with Crippen LogP contribution in [0.25, 0.3) is 16.5 Å². The van der Waals surface area contributed by atoms with Crippen molar-refractivity contribution in [2.24, 2.45) is 5.73 Å². The van der Waals surface area contributed by atoms with Gasteiger partial charge >= 0.3 is 0 Å². The van der Waals surface area contributed by atoms with Crippen LogP contribution in [-0.2, 0) is 0 Å². The second kappa shape index (κ2) is 4.78. The molecule has 0 aliphatic rings. The molecule has 0 atom stereocenters. The Morgan fingerprint density at radius 3 is 2.53 bits per heavy atom. The molecule has 2 aromatic carbocycles. The van der Waals surface area contributed by atoms with Crippen LogP contribution in [0.2, 0.25) is 0 Å². The van der Waals surface area contributed by atoms with E-state index in [1.807, 2.05) is 20.2 Å². The molecule has 0 bridgehead atoms. The SMILES string of the molecule is CN/C=C(\N)c1ccc2ccc(NC)cc2c1. The van der Waals surface area contributed by atoms with Crippen molar-refractivity contribution in [1.82, 2.24) is 5.32 Å². The summed E-state index contributed by atoms with van der Waals surface area (Å²) in [5.74, 6) is 0. The van der Waals surface area contributed by atoms with Crippen molar-refractivity contribution in [3.63, 3.8) is 0 Å². The maximum absolute atomic E-state index is 5.95. The Labute approximate surface area is 101 Å². The molecule has 0 aliphatic carbocycles. The quantitative estimate of drug-likeness (QED) is 0.754. The summed E-state index contributed by atoms with van der Waals surface area (Å²) in [7, 11) is 3.76. The molecule has 0 amide bonds. The van der Waals surface area contributed by atoms with Gasteiger partial charge in [0.05, 0.1) is 5.70 Å². The lowest BCUT2D eigenvalue weighted by Crippen LogP contribution is -2.03. The first kappa shape index (κ1) is 11.3. The molecule has 0 unspecified atom stereocenters. The van der Waals surface area contributed by atoms with E-state index in [1.54, 1.807) is 6.20 Å². The summed E-state index contributed by atoms with van der Waals surface area (Å²) < 4.78 is 0. The molecular formula is C14H17N3. The number of nitrogens with two attached hydrogens (primary N) is 1. The number of benzene rings is 2. The van der Waals surface area contributed by atoms with Gasteiger partial charge in [-0.25, -0.2) is 0 Å². The van der Waals surface area contributed by atoms with Gasteiger partial charge in [0.15, 0.2) is 0 Å². The van der Waals surface area contributed by atoms with Crippen LogP contribution in [0.1, 0.15) is 5.56 Å². The summed E-state index contributed by atoms with van der Waals surface area (Å²) in [5.41, 5.74) is 8.82.